The Bertz CT molecular complexity index is 290. The first-order valence-electron chi connectivity index (χ1n) is 8.51. The van der Waals surface area contributed by atoms with E-state index in [2.05, 4.69) is 53.5 Å². The number of nitrogens with two attached hydrogens (primary N) is 1. The van der Waals surface area contributed by atoms with E-state index in [0.717, 1.165) is 19.0 Å². The van der Waals surface area contributed by atoms with Crippen LogP contribution in [0.3, 0.4) is 0 Å². The highest BCUT2D eigenvalue weighted by Crippen LogP contribution is 2.43. The summed E-state index contributed by atoms with van der Waals surface area (Å²) < 4.78 is 0. The van der Waals surface area contributed by atoms with Crippen molar-refractivity contribution in [3.8, 4) is 0 Å². The molecule has 2 N–H and O–H groups in total. The Morgan fingerprint density at radius 1 is 1.10 bits per heavy atom. The minimum Gasteiger partial charge on any atom is -0.330 e. The standard InChI is InChI=1S/C18H38N2/c1-8-18(5,6)15-10-9-14(12-19)16(11-15)20(7)13-17(2,3)4/h14-16H,8-13,19H2,1-7H3. The van der Waals surface area contributed by atoms with Crippen LogP contribution in [0, 0.1) is 22.7 Å². The van der Waals surface area contributed by atoms with Crippen LogP contribution >= 0.6 is 0 Å². The van der Waals surface area contributed by atoms with Crippen LogP contribution in [0.25, 0.3) is 0 Å². The van der Waals surface area contributed by atoms with Gasteiger partial charge in [0.15, 0.2) is 0 Å². The summed E-state index contributed by atoms with van der Waals surface area (Å²) in [5.41, 5.74) is 6.89. The van der Waals surface area contributed by atoms with Gasteiger partial charge in [0.2, 0.25) is 0 Å². The molecule has 0 saturated heterocycles. The van der Waals surface area contributed by atoms with Crippen molar-refractivity contribution >= 4 is 0 Å². The molecule has 20 heavy (non-hydrogen) atoms. The normalized spacial score (nSPS) is 28.9. The van der Waals surface area contributed by atoms with Gasteiger partial charge in [0.25, 0.3) is 0 Å². The molecular weight excluding hydrogens is 244 g/mol. The van der Waals surface area contributed by atoms with Crippen molar-refractivity contribution in [2.45, 2.75) is 73.3 Å². The lowest BCUT2D eigenvalue weighted by molar-refractivity contribution is 0.0362. The van der Waals surface area contributed by atoms with Crippen molar-refractivity contribution < 1.29 is 0 Å². The van der Waals surface area contributed by atoms with Gasteiger partial charge in [-0.3, -0.25) is 0 Å². The van der Waals surface area contributed by atoms with Gasteiger partial charge in [-0.25, -0.2) is 0 Å². The molecule has 0 aromatic carbocycles. The summed E-state index contributed by atoms with van der Waals surface area (Å²) in [5, 5.41) is 0. The molecule has 120 valence electrons. The molecule has 0 spiro atoms. The zero-order valence-corrected chi connectivity index (χ0v) is 15.0. The predicted molar refractivity (Wildman–Crippen MR) is 89.8 cm³/mol. The van der Waals surface area contributed by atoms with Gasteiger partial charge in [0.05, 0.1) is 0 Å². The van der Waals surface area contributed by atoms with E-state index in [0.29, 0.717) is 22.8 Å². The Morgan fingerprint density at radius 2 is 1.70 bits per heavy atom. The van der Waals surface area contributed by atoms with Crippen molar-refractivity contribution in [3.05, 3.63) is 0 Å². The third kappa shape index (κ3) is 4.73. The van der Waals surface area contributed by atoms with Crippen LogP contribution in [-0.2, 0) is 0 Å². The van der Waals surface area contributed by atoms with Crippen LogP contribution in [0.4, 0.5) is 0 Å². The average Bonchev–Trinajstić information content (AvgIpc) is 2.35. The first-order chi connectivity index (χ1) is 9.10. The molecule has 0 aromatic heterocycles. The molecule has 1 fully saturated rings. The second-order valence-corrected chi connectivity index (χ2v) is 8.89. The summed E-state index contributed by atoms with van der Waals surface area (Å²) in [7, 11) is 2.31. The monoisotopic (exact) mass is 282 g/mol. The van der Waals surface area contributed by atoms with Gasteiger partial charge in [0, 0.05) is 12.6 Å². The van der Waals surface area contributed by atoms with E-state index in [1.807, 2.05) is 0 Å². The van der Waals surface area contributed by atoms with Crippen LogP contribution in [-0.4, -0.2) is 31.1 Å². The highest BCUT2D eigenvalue weighted by atomic mass is 15.1. The smallest absolute Gasteiger partial charge is 0.0136 e. The Morgan fingerprint density at radius 3 is 2.15 bits per heavy atom. The lowest BCUT2D eigenvalue weighted by Gasteiger charge is -2.47. The van der Waals surface area contributed by atoms with Gasteiger partial charge in [-0.2, -0.15) is 0 Å². The maximum absolute atomic E-state index is 6.06. The van der Waals surface area contributed by atoms with Crippen molar-refractivity contribution in [1.82, 2.24) is 4.90 Å². The lowest BCUT2D eigenvalue weighted by atomic mass is 9.65. The summed E-state index contributed by atoms with van der Waals surface area (Å²) in [6.07, 6.45) is 5.28. The van der Waals surface area contributed by atoms with Gasteiger partial charge in [-0.15, -0.1) is 0 Å². The fourth-order valence-electron chi connectivity index (χ4n) is 3.89. The van der Waals surface area contributed by atoms with E-state index in [9.17, 15) is 0 Å². The molecule has 0 aliphatic heterocycles. The van der Waals surface area contributed by atoms with Crippen molar-refractivity contribution in [1.29, 1.82) is 0 Å². The van der Waals surface area contributed by atoms with E-state index in [4.69, 9.17) is 5.73 Å². The molecule has 2 heteroatoms. The summed E-state index contributed by atoms with van der Waals surface area (Å²) in [5.74, 6) is 1.54. The number of nitrogens with zero attached hydrogens (tertiary/aromatic N) is 1. The minimum absolute atomic E-state index is 0.362. The molecule has 3 unspecified atom stereocenters. The van der Waals surface area contributed by atoms with Gasteiger partial charge >= 0.3 is 0 Å². The van der Waals surface area contributed by atoms with Crippen LogP contribution < -0.4 is 5.73 Å². The molecule has 2 nitrogen and oxygen atoms in total. The Labute approximate surface area is 127 Å². The molecule has 0 radical (unpaired) electrons. The highest BCUT2D eigenvalue weighted by molar-refractivity contribution is 4.92. The van der Waals surface area contributed by atoms with E-state index in [-0.39, 0.29) is 0 Å². The Balaban J connectivity index is 2.78. The minimum atomic E-state index is 0.362. The van der Waals surface area contributed by atoms with Crippen LogP contribution in [0.5, 0.6) is 0 Å². The third-order valence-electron chi connectivity index (χ3n) is 5.57. The largest absolute Gasteiger partial charge is 0.330 e. The van der Waals surface area contributed by atoms with E-state index in [1.165, 1.54) is 25.7 Å². The SMILES string of the molecule is CCC(C)(C)C1CCC(CN)C(N(C)CC(C)(C)C)C1. The second-order valence-electron chi connectivity index (χ2n) is 8.89. The topological polar surface area (TPSA) is 29.3 Å². The average molecular weight is 283 g/mol. The van der Waals surface area contributed by atoms with Crippen molar-refractivity contribution in [2.75, 3.05) is 20.1 Å². The third-order valence-corrected chi connectivity index (χ3v) is 5.57. The molecule has 3 atom stereocenters. The molecule has 0 amide bonds. The summed E-state index contributed by atoms with van der Waals surface area (Å²) in [6, 6.07) is 0.670. The van der Waals surface area contributed by atoms with Gasteiger partial charge in [-0.1, -0.05) is 48.0 Å². The van der Waals surface area contributed by atoms with Gasteiger partial charge < -0.3 is 10.6 Å². The summed E-state index contributed by atoms with van der Waals surface area (Å²) >= 11 is 0. The fraction of sp³-hybridized carbons (Fsp3) is 1.00. The molecule has 1 aliphatic rings. The van der Waals surface area contributed by atoms with E-state index in [1.54, 1.807) is 0 Å². The molecule has 1 aliphatic carbocycles. The number of rotatable bonds is 5. The molecule has 1 saturated carbocycles. The van der Waals surface area contributed by atoms with Crippen molar-refractivity contribution in [2.24, 2.45) is 28.4 Å². The predicted octanol–water partition coefficient (Wildman–Crippen LogP) is 4.14. The summed E-state index contributed by atoms with van der Waals surface area (Å²) in [4.78, 5) is 2.59. The van der Waals surface area contributed by atoms with Crippen LogP contribution in [0.15, 0.2) is 0 Å². The molecule has 1 rings (SSSR count). The molecular formula is C18H38N2. The first kappa shape index (κ1) is 18.0. The van der Waals surface area contributed by atoms with Gasteiger partial charge in [-0.05, 0) is 55.5 Å². The van der Waals surface area contributed by atoms with Crippen molar-refractivity contribution in [3.63, 3.8) is 0 Å². The molecule has 0 heterocycles. The fourth-order valence-corrected chi connectivity index (χ4v) is 3.89. The lowest BCUT2D eigenvalue weighted by Crippen LogP contribution is -2.49. The molecule has 0 bridgehead atoms. The van der Waals surface area contributed by atoms with E-state index >= 15 is 0 Å². The van der Waals surface area contributed by atoms with E-state index < -0.39 is 0 Å². The maximum Gasteiger partial charge on any atom is 0.0136 e. The Kier molecular flexibility index (Phi) is 6.10. The zero-order valence-electron chi connectivity index (χ0n) is 15.0. The molecule has 0 aromatic rings. The quantitative estimate of drug-likeness (QED) is 0.821. The second kappa shape index (κ2) is 6.79. The maximum atomic E-state index is 6.06. The summed E-state index contributed by atoms with van der Waals surface area (Å²) in [6.45, 7) is 16.2. The van der Waals surface area contributed by atoms with Gasteiger partial charge in [0.1, 0.15) is 0 Å². The number of hydrogen-bond acceptors (Lipinski definition) is 2. The zero-order chi connectivity index (χ0) is 15.6. The highest BCUT2D eigenvalue weighted by Gasteiger charge is 2.38. The van der Waals surface area contributed by atoms with Crippen LogP contribution in [0.1, 0.15) is 67.2 Å². The Hall–Kier alpha value is -0.0800. The first-order valence-corrected chi connectivity index (χ1v) is 8.51. The number of hydrogen-bond donors (Lipinski definition) is 1. The van der Waals surface area contributed by atoms with Crippen LogP contribution in [0.2, 0.25) is 0 Å².